The third-order valence-corrected chi connectivity index (χ3v) is 2.27. The van der Waals surface area contributed by atoms with Gasteiger partial charge in [-0.05, 0) is 25.7 Å². The van der Waals surface area contributed by atoms with Gasteiger partial charge in [-0.3, -0.25) is 0 Å². The molecule has 1 N–H and O–H groups in total. The lowest BCUT2D eigenvalue weighted by Gasteiger charge is -2.01. The number of aliphatic hydroxyl groups excluding tert-OH is 1. The second kappa shape index (κ2) is 9.79. The molecule has 0 amide bonds. The molecule has 0 aliphatic carbocycles. The minimum atomic E-state index is -0.133. The van der Waals surface area contributed by atoms with Crippen LogP contribution in [0.5, 0.6) is 0 Å². The Bertz CT molecular complexity index is 118. The minimum absolute atomic E-state index is 0.133. The first-order valence-electron chi connectivity index (χ1n) is 5.64. The van der Waals surface area contributed by atoms with Gasteiger partial charge in [0.2, 0.25) is 0 Å². The summed E-state index contributed by atoms with van der Waals surface area (Å²) in [5.41, 5.74) is 0. The molecule has 0 spiro atoms. The molecule has 0 saturated carbocycles. The molecule has 0 aromatic rings. The Morgan fingerprint density at radius 2 is 1.85 bits per heavy atom. The maximum atomic E-state index is 9.25. The standard InChI is InChI=1S/C12H24O/c1-3-5-6-7-8-9-10-11-12(13)4-2/h9-10,12-13H,3-8,11H2,1-2H3/t12-/m0/s1. The average molecular weight is 184 g/mol. The largest absolute Gasteiger partial charge is 0.393 e. The van der Waals surface area contributed by atoms with Crippen LogP contribution in [0.25, 0.3) is 0 Å². The maximum Gasteiger partial charge on any atom is 0.0572 e. The predicted molar refractivity (Wildman–Crippen MR) is 58.8 cm³/mol. The van der Waals surface area contributed by atoms with Crippen LogP contribution >= 0.6 is 0 Å². The molecule has 0 bridgehead atoms. The van der Waals surface area contributed by atoms with E-state index in [1.165, 1.54) is 32.1 Å². The molecule has 1 nitrogen and oxygen atoms in total. The van der Waals surface area contributed by atoms with E-state index in [1.807, 2.05) is 6.92 Å². The monoisotopic (exact) mass is 184 g/mol. The molecule has 1 atom stereocenters. The van der Waals surface area contributed by atoms with Gasteiger partial charge in [-0.25, -0.2) is 0 Å². The number of aliphatic hydroxyl groups is 1. The highest BCUT2D eigenvalue weighted by molar-refractivity contribution is 4.83. The molecule has 0 aromatic carbocycles. The van der Waals surface area contributed by atoms with Crippen LogP contribution < -0.4 is 0 Å². The summed E-state index contributed by atoms with van der Waals surface area (Å²) in [6, 6.07) is 0. The molecule has 0 aliphatic rings. The van der Waals surface area contributed by atoms with E-state index in [0.717, 1.165) is 12.8 Å². The van der Waals surface area contributed by atoms with Crippen molar-refractivity contribution in [3.8, 4) is 0 Å². The first kappa shape index (κ1) is 12.7. The van der Waals surface area contributed by atoms with Gasteiger partial charge in [0, 0.05) is 0 Å². The van der Waals surface area contributed by atoms with E-state index in [9.17, 15) is 5.11 Å². The van der Waals surface area contributed by atoms with Crippen molar-refractivity contribution in [3.05, 3.63) is 12.2 Å². The number of allylic oxidation sites excluding steroid dienone is 1. The SMILES string of the molecule is CCCCCCC=CC[C@@H](O)CC. The Balaban J connectivity index is 3.12. The summed E-state index contributed by atoms with van der Waals surface area (Å²) in [6.07, 6.45) is 12.3. The first-order chi connectivity index (χ1) is 6.31. The van der Waals surface area contributed by atoms with E-state index in [-0.39, 0.29) is 6.10 Å². The van der Waals surface area contributed by atoms with Crippen molar-refractivity contribution < 1.29 is 5.11 Å². The van der Waals surface area contributed by atoms with Crippen LogP contribution in [0.4, 0.5) is 0 Å². The van der Waals surface area contributed by atoms with Crippen molar-refractivity contribution in [2.75, 3.05) is 0 Å². The molecule has 0 radical (unpaired) electrons. The average Bonchev–Trinajstić information content (AvgIpc) is 2.16. The summed E-state index contributed by atoms with van der Waals surface area (Å²) in [5, 5.41) is 9.25. The number of hydrogen-bond acceptors (Lipinski definition) is 1. The summed E-state index contributed by atoms with van der Waals surface area (Å²) in [7, 11) is 0. The predicted octanol–water partition coefficient (Wildman–Crippen LogP) is 3.67. The van der Waals surface area contributed by atoms with Gasteiger partial charge in [-0.2, -0.15) is 0 Å². The maximum absolute atomic E-state index is 9.25. The smallest absolute Gasteiger partial charge is 0.0572 e. The number of hydrogen-bond donors (Lipinski definition) is 1. The lowest BCUT2D eigenvalue weighted by molar-refractivity contribution is 0.173. The second-order valence-electron chi connectivity index (χ2n) is 3.62. The fourth-order valence-corrected chi connectivity index (χ4v) is 1.23. The van der Waals surface area contributed by atoms with Crippen molar-refractivity contribution in [2.45, 2.75) is 64.9 Å². The molecule has 13 heavy (non-hydrogen) atoms. The highest BCUT2D eigenvalue weighted by atomic mass is 16.3. The molecular weight excluding hydrogens is 160 g/mol. The zero-order valence-electron chi connectivity index (χ0n) is 9.13. The fraction of sp³-hybridized carbons (Fsp3) is 0.833. The zero-order chi connectivity index (χ0) is 9.94. The minimum Gasteiger partial charge on any atom is -0.393 e. The van der Waals surface area contributed by atoms with E-state index >= 15 is 0 Å². The van der Waals surface area contributed by atoms with Crippen molar-refractivity contribution >= 4 is 0 Å². The topological polar surface area (TPSA) is 20.2 Å². The van der Waals surface area contributed by atoms with Crippen LogP contribution in [0.1, 0.15) is 58.8 Å². The van der Waals surface area contributed by atoms with E-state index in [2.05, 4.69) is 19.1 Å². The molecule has 0 fully saturated rings. The van der Waals surface area contributed by atoms with Crippen LogP contribution in [0.2, 0.25) is 0 Å². The van der Waals surface area contributed by atoms with E-state index in [0.29, 0.717) is 0 Å². The fourth-order valence-electron chi connectivity index (χ4n) is 1.23. The highest BCUT2D eigenvalue weighted by Crippen LogP contribution is 2.04. The van der Waals surface area contributed by atoms with Crippen LogP contribution in [0.15, 0.2) is 12.2 Å². The van der Waals surface area contributed by atoms with Crippen LogP contribution in [0.3, 0.4) is 0 Å². The Morgan fingerprint density at radius 1 is 1.08 bits per heavy atom. The number of unbranched alkanes of at least 4 members (excludes halogenated alkanes) is 4. The van der Waals surface area contributed by atoms with E-state index in [1.54, 1.807) is 0 Å². The summed E-state index contributed by atoms with van der Waals surface area (Å²) in [4.78, 5) is 0. The quantitative estimate of drug-likeness (QED) is 0.451. The lowest BCUT2D eigenvalue weighted by atomic mass is 10.1. The molecule has 0 aromatic heterocycles. The van der Waals surface area contributed by atoms with Crippen LogP contribution in [0, 0.1) is 0 Å². The summed E-state index contributed by atoms with van der Waals surface area (Å²) < 4.78 is 0. The summed E-state index contributed by atoms with van der Waals surface area (Å²) in [5.74, 6) is 0. The molecule has 0 saturated heterocycles. The van der Waals surface area contributed by atoms with E-state index < -0.39 is 0 Å². The summed E-state index contributed by atoms with van der Waals surface area (Å²) >= 11 is 0. The molecule has 1 heteroatoms. The summed E-state index contributed by atoms with van der Waals surface area (Å²) in [6.45, 7) is 4.24. The molecule has 78 valence electrons. The Morgan fingerprint density at radius 3 is 2.46 bits per heavy atom. The first-order valence-corrected chi connectivity index (χ1v) is 5.64. The van der Waals surface area contributed by atoms with Gasteiger partial charge in [-0.1, -0.05) is 45.3 Å². The molecule has 0 aliphatic heterocycles. The van der Waals surface area contributed by atoms with Gasteiger partial charge in [0.1, 0.15) is 0 Å². The zero-order valence-corrected chi connectivity index (χ0v) is 9.13. The van der Waals surface area contributed by atoms with Crippen molar-refractivity contribution in [1.82, 2.24) is 0 Å². The second-order valence-corrected chi connectivity index (χ2v) is 3.62. The van der Waals surface area contributed by atoms with Gasteiger partial charge in [0.15, 0.2) is 0 Å². The molecular formula is C12H24O. The van der Waals surface area contributed by atoms with Crippen molar-refractivity contribution in [2.24, 2.45) is 0 Å². The Labute approximate surface area is 82.9 Å². The normalized spacial score (nSPS) is 13.8. The van der Waals surface area contributed by atoms with Gasteiger partial charge >= 0.3 is 0 Å². The molecule has 0 rings (SSSR count). The van der Waals surface area contributed by atoms with Crippen molar-refractivity contribution in [3.63, 3.8) is 0 Å². The Hall–Kier alpha value is -0.300. The third-order valence-electron chi connectivity index (χ3n) is 2.27. The Kier molecular flexibility index (Phi) is 9.56. The molecule has 0 unspecified atom stereocenters. The van der Waals surface area contributed by atoms with Crippen LogP contribution in [-0.4, -0.2) is 11.2 Å². The highest BCUT2D eigenvalue weighted by Gasteiger charge is 1.94. The number of rotatable bonds is 8. The van der Waals surface area contributed by atoms with Gasteiger partial charge in [-0.15, -0.1) is 0 Å². The lowest BCUT2D eigenvalue weighted by Crippen LogP contribution is -2.00. The van der Waals surface area contributed by atoms with Gasteiger partial charge in [0.25, 0.3) is 0 Å². The van der Waals surface area contributed by atoms with Crippen LogP contribution in [-0.2, 0) is 0 Å². The molecule has 0 heterocycles. The van der Waals surface area contributed by atoms with Crippen molar-refractivity contribution in [1.29, 1.82) is 0 Å². The van der Waals surface area contributed by atoms with Gasteiger partial charge < -0.3 is 5.11 Å². The van der Waals surface area contributed by atoms with E-state index in [4.69, 9.17) is 0 Å². The van der Waals surface area contributed by atoms with Gasteiger partial charge in [0.05, 0.1) is 6.10 Å². The third kappa shape index (κ3) is 9.62.